The summed E-state index contributed by atoms with van der Waals surface area (Å²) in [6, 6.07) is 6.06. The van der Waals surface area contributed by atoms with Crippen LogP contribution in [0.25, 0.3) is 0 Å². The van der Waals surface area contributed by atoms with Crippen LogP contribution in [0.1, 0.15) is 57.1 Å². The summed E-state index contributed by atoms with van der Waals surface area (Å²) in [5, 5.41) is 0. The molecular formula is C23H32N2O. The fourth-order valence-electron chi connectivity index (χ4n) is 5.29. The maximum atomic E-state index is 13.0. The van der Waals surface area contributed by atoms with Crippen molar-refractivity contribution >= 4 is 5.91 Å². The van der Waals surface area contributed by atoms with Gasteiger partial charge in [0.1, 0.15) is 0 Å². The monoisotopic (exact) mass is 352 g/mol. The van der Waals surface area contributed by atoms with Crippen LogP contribution in [0.15, 0.2) is 36.5 Å². The second-order valence-electron chi connectivity index (χ2n) is 8.64. The number of hydrogen-bond donors (Lipinski definition) is 0. The Labute approximate surface area is 157 Å². The molecule has 0 spiro atoms. The molecule has 0 saturated heterocycles. The van der Waals surface area contributed by atoms with Crippen molar-refractivity contribution < 1.29 is 4.79 Å². The van der Waals surface area contributed by atoms with Crippen molar-refractivity contribution in [3.05, 3.63) is 42.2 Å². The number of fused-ring (bicyclic) bond motifs is 2. The highest BCUT2D eigenvalue weighted by atomic mass is 16.2. The van der Waals surface area contributed by atoms with Crippen molar-refractivity contribution in [1.82, 2.24) is 9.88 Å². The molecule has 140 valence electrons. The lowest BCUT2D eigenvalue weighted by Gasteiger charge is -2.29. The Hall–Kier alpha value is -1.64. The number of amides is 1. The third-order valence-corrected chi connectivity index (χ3v) is 6.83. The first-order valence-corrected chi connectivity index (χ1v) is 10.6. The molecule has 3 atom stereocenters. The fraction of sp³-hybridized carbons (Fsp3) is 0.652. The van der Waals surface area contributed by atoms with E-state index in [1.165, 1.54) is 38.5 Å². The average Bonchev–Trinajstić information content (AvgIpc) is 3.42. The van der Waals surface area contributed by atoms with Gasteiger partial charge in [-0.1, -0.05) is 43.9 Å². The molecule has 0 N–H and O–H groups in total. The molecule has 0 radical (unpaired) electrons. The van der Waals surface area contributed by atoms with Crippen LogP contribution in [0.5, 0.6) is 0 Å². The smallest absolute Gasteiger partial charge is 0.222 e. The van der Waals surface area contributed by atoms with Crippen LogP contribution in [0.2, 0.25) is 0 Å². The van der Waals surface area contributed by atoms with E-state index in [0.29, 0.717) is 17.7 Å². The van der Waals surface area contributed by atoms with E-state index in [4.69, 9.17) is 0 Å². The molecule has 1 amide bonds. The number of aromatic nitrogens is 1. The van der Waals surface area contributed by atoms with E-state index in [-0.39, 0.29) is 0 Å². The standard InChI is InChI=1S/C23H32N2O/c26-23(11-9-18-5-1-2-6-18)25(14-12-22-7-3-4-13-24-22)17-21-16-19-8-10-20(21)15-19/h3-4,7-8,10,13,18-21H,1-2,5-6,9,11-12,14-17H2. The quantitative estimate of drug-likeness (QED) is 0.639. The highest BCUT2D eigenvalue weighted by Gasteiger charge is 2.37. The van der Waals surface area contributed by atoms with Gasteiger partial charge in [-0.05, 0) is 55.1 Å². The van der Waals surface area contributed by atoms with E-state index in [9.17, 15) is 4.79 Å². The van der Waals surface area contributed by atoms with E-state index in [2.05, 4.69) is 28.1 Å². The van der Waals surface area contributed by atoms with Crippen LogP contribution in [-0.4, -0.2) is 28.9 Å². The van der Waals surface area contributed by atoms with E-state index < -0.39 is 0 Å². The summed E-state index contributed by atoms with van der Waals surface area (Å²) >= 11 is 0. The third kappa shape index (κ3) is 4.36. The zero-order valence-corrected chi connectivity index (χ0v) is 15.9. The molecule has 0 aliphatic heterocycles. The highest BCUT2D eigenvalue weighted by molar-refractivity contribution is 5.76. The van der Waals surface area contributed by atoms with Gasteiger partial charge >= 0.3 is 0 Å². The van der Waals surface area contributed by atoms with E-state index >= 15 is 0 Å². The predicted octanol–water partition coefficient (Wildman–Crippen LogP) is 4.64. The minimum Gasteiger partial charge on any atom is -0.342 e. The molecular weight excluding hydrogens is 320 g/mol. The van der Waals surface area contributed by atoms with Gasteiger partial charge in [0.2, 0.25) is 5.91 Å². The second-order valence-corrected chi connectivity index (χ2v) is 8.64. The van der Waals surface area contributed by atoms with E-state index in [1.54, 1.807) is 0 Å². The topological polar surface area (TPSA) is 33.2 Å². The zero-order valence-electron chi connectivity index (χ0n) is 15.9. The van der Waals surface area contributed by atoms with Gasteiger partial charge in [-0.15, -0.1) is 0 Å². The number of carbonyl (C=O) groups excluding carboxylic acids is 1. The molecule has 1 aromatic rings. The van der Waals surface area contributed by atoms with Crippen molar-refractivity contribution in [3.63, 3.8) is 0 Å². The summed E-state index contributed by atoms with van der Waals surface area (Å²) < 4.78 is 0. The number of nitrogens with zero attached hydrogens (tertiary/aromatic N) is 2. The van der Waals surface area contributed by atoms with Gasteiger partial charge in [-0.2, -0.15) is 0 Å². The number of rotatable bonds is 8. The molecule has 2 saturated carbocycles. The summed E-state index contributed by atoms with van der Waals surface area (Å²) in [7, 11) is 0. The summed E-state index contributed by atoms with van der Waals surface area (Å²) in [5.74, 6) is 3.32. The van der Waals surface area contributed by atoms with Crippen LogP contribution in [0.3, 0.4) is 0 Å². The lowest BCUT2D eigenvalue weighted by atomic mass is 9.92. The van der Waals surface area contributed by atoms with Crippen LogP contribution >= 0.6 is 0 Å². The van der Waals surface area contributed by atoms with Crippen molar-refractivity contribution in [2.24, 2.45) is 23.7 Å². The first-order valence-electron chi connectivity index (χ1n) is 10.6. The average molecular weight is 353 g/mol. The van der Waals surface area contributed by atoms with E-state index in [1.807, 2.05) is 18.3 Å². The number of pyridine rings is 1. The molecule has 3 nitrogen and oxygen atoms in total. The van der Waals surface area contributed by atoms with Gasteiger partial charge in [0.05, 0.1) is 0 Å². The van der Waals surface area contributed by atoms with Crippen molar-refractivity contribution in [3.8, 4) is 0 Å². The molecule has 1 heterocycles. The SMILES string of the molecule is O=C(CCC1CCCC1)N(CCc1ccccn1)CC1CC2C=CC1C2. The van der Waals surface area contributed by atoms with Gasteiger partial charge in [0.25, 0.3) is 0 Å². The van der Waals surface area contributed by atoms with Gasteiger partial charge in [-0.25, -0.2) is 0 Å². The third-order valence-electron chi connectivity index (χ3n) is 6.83. The van der Waals surface area contributed by atoms with Crippen molar-refractivity contribution in [2.75, 3.05) is 13.1 Å². The minimum absolute atomic E-state index is 0.375. The molecule has 2 fully saturated rings. The van der Waals surface area contributed by atoms with Crippen LogP contribution in [-0.2, 0) is 11.2 Å². The Morgan fingerprint density at radius 1 is 1.15 bits per heavy atom. The molecule has 3 aliphatic rings. The normalized spacial score (nSPS) is 27.3. The second kappa shape index (κ2) is 8.37. The zero-order chi connectivity index (χ0) is 17.8. The maximum absolute atomic E-state index is 13.0. The summed E-state index contributed by atoms with van der Waals surface area (Å²) in [4.78, 5) is 19.6. The molecule has 3 unspecified atom stereocenters. The summed E-state index contributed by atoms with van der Waals surface area (Å²) in [6.45, 7) is 1.76. The minimum atomic E-state index is 0.375. The molecule has 3 aliphatic carbocycles. The van der Waals surface area contributed by atoms with Gasteiger partial charge in [0.15, 0.2) is 0 Å². The van der Waals surface area contributed by atoms with Gasteiger partial charge < -0.3 is 4.90 Å². The fourth-order valence-corrected chi connectivity index (χ4v) is 5.29. The molecule has 1 aromatic heterocycles. The Bertz CT molecular complexity index is 620. The largest absolute Gasteiger partial charge is 0.342 e. The van der Waals surface area contributed by atoms with Crippen LogP contribution < -0.4 is 0 Å². The molecule has 0 aromatic carbocycles. The first kappa shape index (κ1) is 17.8. The Balaban J connectivity index is 1.34. The predicted molar refractivity (Wildman–Crippen MR) is 105 cm³/mol. The lowest BCUT2D eigenvalue weighted by Crippen LogP contribution is -2.38. The number of carbonyl (C=O) groups is 1. The number of allylic oxidation sites excluding steroid dienone is 2. The van der Waals surface area contributed by atoms with E-state index in [0.717, 1.165) is 49.9 Å². The van der Waals surface area contributed by atoms with Gasteiger partial charge in [0, 0.05) is 37.8 Å². The van der Waals surface area contributed by atoms with Crippen LogP contribution in [0.4, 0.5) is 0 Å². The molecule has 3 heteroatoms. The molecule has 26 heavy (non-hydrogen) atoms. The first-order chi connectivity index (χ1) is 12.8. The molecule has 4 rings (SSSR count). The summed E-state index contributed by atoms with van der Waals surface area (Å²) in [6.07, 6.45) is 17.3. The highest BCUT2D eigenvalue weighted by Crippen LogP contribution is 2.43. The van der Waals surface area contributed by atoms with Crippen LogP contribution in [0, 0.1) is 23.7 Å². The van der Waals surface area contributed by atoms with Crippen molar-refractivity contribution in [1.29, 1.82) is 0 Å². The lowest BCUT2D eigenvalue weighted by molar-refractivity contribution is -0.132. The Morgan fingerprint density at radius 3 is 2.73 bits per heavy atom. The Morgan fingerprint density at radius 2 is 2.04 bits per heavy atom. The molecule has 2 bridgehead atoms. The number of hydrogen-bond acceptors (Lipinski definition) is 2. The van der Waals surface area contributed by atoms with Crippen molar-refractivity contribution in [2.45, 2.75) is 57.8 Å². The van der Waals surface area contributed by atoms with Gasteiger partial charge in [-0.3, -0.25) is 9.78 Å². The maximum Gasteiger partial charge on any atom is 0.222 e. The summed E-state index contributed by atoms with van der Waals surface area (Å²) in [5.41, 5.74) is 1.09. The Kier molecular flexibility index (Phi) is 5.72.